The lowest BCUT2D eigenvalue weighted by Gasteiger charge is -2.35. The van der Waals surface area contributed by atoms with Crippen LogP contribution in [-0.2, 0) is 13.0 Å². The van der Waals surface area contributed by atoms with E-state index in [2.05, 4.69) is 4.98 Å². The minimum absolute atomic E-state index is 0.101. The zero-order valence-electron chi connectivity index (χ0n) is 15.1. The Balaban J connectivity index is 1.77. The standard InChI is InChI=1S/C20H18FN3O3S/c1-12-4-5-13-9-14(21)6-7-17(13)24(12)19(26)16-10-22-20(27)23(18(16)25)11-15-3-2-8-28-15/h2-3,6-10,12H,4-5,11H2,1H3,(H,22,27). The minimum atomic E-state index is -0.636. The minimum Gasteiger partial charge on any atom is -0.313 e. The van der Waals surface area contributed by atoms with Gasteiger partial charge < -0.3 is 9.88 Å². The second kappa shape index (κ2) is 7.20. The number of hydrogen-bond donors (Lipinski definition) is 1. The van der Waals surface area contributed by atoms with Crippen LogP contribution in [-0.4, -0.2) is 21.5 Å². The zero-order valence-corrected chi connectivity index (χ0v) is 16.0. The molecule has 1 aliphatic rings. The van der Waals surface area contributed by atoms with E-state index in [0.29, 0.717) is 18.5 Å². The van der Waals surface area contributed by atoms with Crippen molar-refractivity contribution < 1.29 is 9.18 Å². The average Bonchev–Trinajstić information content (AvgIpc) is 3.18. The number of carbonyl (C=O) groups is 1. The summed E-state index contributed by atoms with van der Waals surface area (Å²) in [6.45, 7) is 1.99. The fourth-order valence-electron chi connectivity index (χ4n) is 3.53. The summed E-state index contributed by atoms with van der Waals surface area (Å²) in [5, 5.41) is 1.86. The van der Waals surface area contributed by atoms with Crippen LogP contribution in [0.25, 0.3) is 0 Å². The van der Waals surface area contributed by atoms with E-state index in [1.54, 1.807) is 6.07 Å². The number of amides is 1. The summed E-state index contributed by atoms with van der Waals surface area (Å²) in [6, 6.07) is 7.79. The molecular weight excluding hydrogens is 381 g/mol. The summed E-state index contributed by atoms with van der Waals surface area (Å²) in [4.78, 5) is 43.2. The van der Waals surface area contributed by atoms with Crippen molar-refractivity contribution in [3.8, 4) is 0 Å². The van der Waals surface area contributed by atoms with Crippen LogP contribution in [0.5, 0.6) is 0 Å². The van der Waals surface area contributed by atoms with Gasteiger partial charge in [-0.3, -0.25) is 14.2 Å². The topological polar surface area (TPSA) is 75.2 Å². The lowest BCUT2D eigenvalue weighted by atomic mass is 9.96. The van der Waals surface area contributed by atoms with Gasteiger partial charge >= 0.3 is 5.69 Å². The fraction of sp³-hybridized carbons (Fsp3) is 0.250. The number of hydrogen-bond acceptors (Lipinski definition) is 4. The molecule has 6 nitrogen and oxygen atoms in total. The largest absolute Gasteiger partial charge is 0.328 e. The number of carbonyl (C=O) groups excluding carboxylic acids is 1. The Hall–Kier alpha value is -3.00. The van der Waals surface area contributed by atoms with E-state index < -0.39 is 17.2 Å². The number of anilines is 1. The van der Waals surface area contributed by atoms with E-state index in [1.165, 1.54) is 34.6 Å². The summed E-state index contributed by atoms with van der Waals surface area (Å²) in [7, 11) is 0. The smallest absolute Gasteiger partial charge is 0.313 e. The molecule has 3 aromatic rings. The Bertz CT molecular complexity index is 1150. The van der Waals surface area contributed by atoms with Crippen molar-refractivity contribution in [2.75, 3.05) is 4.90 Å². The summed E-state index contributed by atoms with van der Waals surface area (Å²) in [5.41, 5.74) is 0.0169. The maximum absolute atomic E-state index is 13.6. The molecule has 0 saturated carbocycles. The van der Waals surface area contributed by atoms with Crippen molar-refractivity contribution in [1.82, 2.24) is 9.55 Å². The molecule has 0 radical (unpaired) electrons. The number of nitrogens with one attached hydrogen (secondary N) is 1. The molecule has 28 heavy (non-hydrogen) atoms. The molecule has 2 aromatic heterocycles. The Morgan fingerprint density at radius 1 is 1.32 bits per heavy atom. The van der Waals surface area contributed by atoms with Crippen LogP contribution in [0.4, 0.5) is 10.1 Å². The monoisotopic (exact) mass is 399 g/mol. The summed E-state index contributed by atoms with van der Waals surface area (Å²) < 4.78 is 14.6. The normalized spacial score (nSPS) is 16.1. The molecule has 0 aliphatic carbocycles. The number of aryl methyl sites for hydroxylation is 1. The Morgan fingerprint density at radius 2 is 2.14 bits per heavy atom. The highest BCUT2D eigenvalue weighted by Crippen LogP contribution is 2.32. The van der Waals surface area contributed by atoms with Gasteiger partial charge in [-0.1, -0.05) is 6.07 Å². The van der Waals surface area contributed by atoms with Crippen molar-refractivity contribution in [3.05, 3.63) is 84.6 Å². The van der Waals surface area contributed by atoms with Gasteiger partial charge in [0.1, 0.15) is 11.4 Å². The van der Waals surface area contributed by atoms with Crippen LogP contribution in [0.15, 0.2) is 51.5 Å². The number of aromatic amines is 1. The number of halogens is 1. The van der Waals surface area contributed by atoms with Gasteiger partial charge in [-0.05, 0) is 55.0 Å². The summed E-state index contributed by atoms with van der Waals surface area (Å²) in [6.07, 6.45) is 2.49. The van der Waals surface area contributed by atoms with Gasteiger partial charge in [-0.2, -0.15) is 0 Å². The molecule has 1 amide bonds. The lowest BCUT2D eigenvalue weighted by molar-refractivity contribution is 0.0972. The SMILES string of the molecule is CC1CCc2cc(F)ccc2N1C(=O)c1c[nH]c(=O)n(Cc2cccs2)c1=O. The molecule has 8 heteroatoms. The third-order valence-corrected chi connectivity index (χ3v) is 5.84. The first-order valence-corrected chi connectivity index (χ1v) is 9.80. The highest BCUT2D eigenvalue weighted by atomic mass is 32.1. The molecule has 1 N–H and O–H groups in total. The van der Waals surface area contributed by atoms with Crippen molar-refractivity contribution >= 4 is 22.9 Å². The molecular formula is C20H18FN3O3S. The quantitative estimate of drug-likeness (QED) is 0.736. The summed E-state index contributed by atoms with van der Waals surface area (Å²) >= 11 is 1.43. The van der Waals surface area contributed by atoms with Gasteiger partial charge in [0.05, 0.1) is 6.54 Å². The molecule has 3 heterocycles. The van der Waals surface area contributed by atoms with Crippen molar-refractivity contribution in [1.29, 1.82) is 0 Å². The van der Waals surface area contributed by atoms with E-state index in [4.69, 9.17) is 0 Å². The number of fused-ring (bicyclic) bond motifs is 1. The van der Waals surface area contributed by atoms with Crippen LogP contribution >= 0.6 is 11.3 Å². The van der Waals surface area contributed by atoms with Crippen LogP contribution < -0.4 is 16.1 Å². The first kappa shape index (κ1) is 18.4. The molecule has 0 spiro atoms. The lowest BCUT2D eigenvalue weighted by Crippen LogP contribution is -2.46. The predicted octanol–water partition coefficient (Wildman–Crippen LogP) is 2.77. The maximum Gasteiger partial charge on any atom is 0.328 e. The molecule has 144 valence electrons. The van der Waals surface area contributed by atoms with Crippen LogP contribution in [0.2, 0.25) is 0 Å². The van der Waals surface area contributed by atoms with Gasteiger partial charge in [0.15, 0.2) is 0 Å². The van der Waals surface area contributed by atoms with E-state index >= 15 is 0 Å². The molecule has 0 bridgehead atoms. The molecule has 4 rings (SSSR count). The van der Waals surface area contributed by atoms with Crippen LogP contribution in [0.3, 0.4) is 0 Å². The number of H-pyrrole nitrogens is 1. The number of benzene rings is 1. The zero-order chi connectivity index (χ0) is 19.8. The first-order valence-electron chi connectivity index (χ1n) is 8.92. The first-order chi connectivity index (χ1) is 13.5. The van der Waals surface area contributed by atoms with E-state index in [-0.39, 0.29) is 24.0 Å². The third kappa shape index (κ3) is 3.20. The van der Waals surface area contributed by atoms with Gasteiger partial charge in [-0.15, -0.1) is 11.3 Å². The number of thiophene rings is 1. The highest BCUT2D eigenvalue weighted by Gasteiger charge is 2.31. The number of nitrogens with zero attached hydrogens (tertiary/aromatic N) is 2. The van der Waals surface area contributed by atoms with Crippen molar-refractivity contribution in [2.24, 2.45) is 0 Å². The van der Waals surface area contributed by atoms with Gasteiger partial charge in [0, 0.05) is 22.8 Å². The van der Waals surface area contributed by atoms with Gasteiger partial charge in [-0.25, -0.2) is 9.18 Å². The fourth-order valence-corrected chi connectivity index (χ4v) is 4.22. The Morgan fingerprint density at radius 3 is 2.89 bits per heavy atom. The van der Waals surface area contributed by atoms with E-state index in [0.717, 1.165) is 15.0 Å². The van der Waals surface area contributed by atoms with Crippen molar-refractivity contribution in [3.63, 3.8) is 0 Å². The van der Waals surface area contributed by atoms with Crippen LogP contribution in [0, 0.1) is 5.82 Å². The number of rotatable bonds is 3. The molecule has 0 fully saturated rings. The molecule has 1 aromatic carbocycles. The van der Waals surface area contributed by atoms with Crippen molar-refractivity contribution in [2.45, 2.75) is 32.4 Å². The number of aromatic nitrogens is 2. The second-order valence-corrected chi connectivity index (χ2v) is 7.85. The van der Waals surface area contributed by atoms with E-state index in [9.17, 15) is 18.8 Å². The van der Waals surface area contributed by atoms with Gasteiger partial charge in [0.2, 0.25) is 0 Å². The molecule has 1 unspecified atom stereocenters. The second-order valence-electron chi connectivity index (χ2n) is 6.81. The molecule has 0 saturated heterocycles. The summed E-state index contributed by atoms with van der Waals surface area (Å²) in [5.74, 6) is -0.857. The third-order valence-electron chi connectivity index (χ3n) is 4.98. The van der Waals surface area contributed by atoms with Crippen LogP contribution in [0.1, 0.15) is 34.1 Å². The average molecular weight is 399 g/mol. The van der Waals surface area contributed by atoms with Gasteiger partial charge in [0.25, 0.3) is 11.5 Å². The highest BCUT2D eigenvalue weighted by molar-refractivity contribution is 7.09. The maximum atomic E-state index is 13.6. The predicted molar refractivity (Wildman–Crippen MR) is 106 cm³/mol. The Kier molecular flexibility index (Phi) is 4.72. The Labute approximate surface area is 163 Å². The molecule has 1 aliphatic heterocycles. The molecule has 1 atom stereocenters. The van der Waals surface area contributed by atoms with E-state index in [1.807, 2.05) is 24.4 Å².